The zero-order chi connectivity index (χ0) is 37.9. The number of alkyl halides is 3. The van der Waals surface area contributed by atoms with Crippen molar-refractivity contribution in [3.63, 3.8) is 0 Å². The molecule has 53 heavy (non-hydrogen) atoms. The minimum absolute atomic E-state index is 0.0261. The average molecular weight is 753 g/mol. The van der Waals surface area contributed by atoms with Gasteiger partial charge in [-0.25, -0.2) is 0 Å². The van der Waals surface area contributed by atoms with Gasteiger partial charge in [0, 0.05) is 50.1 Å². The fourth-order valence-corrected chi connectivity index (χ4v) is 7.29. The number of halogens is 4. The van der Waals surface area contributed by atoms with E-state index in [0.29, 0.717) is 47.0 Å². The van der Waals surface area contributed by atoms with Crippen LogP contribution in [0.4, 0.5) is 13.2 Å². The Morgan fingerprint density at radius 3 is 2.38 bits per heavy atom. The molecule has 0 spiro atoms. The minimum Gasteiger partial charge on any atom is -0.490 e. The Labute approximate surface area is 312 Å². The summed E-state index contributed by atoms with van der Waals surface area (Å²) in [6, 6.07) is 15.6. The molecule has 0 aromatic heterocycles. The highest BCUT2D eigenvalue weighted by molar-refractivity contribution is 6.32. The third-order valence-corrected chi connectivity index (χ3v) is 10.3. The molecular formula is C40H44ClF3N4O5. The lowest BCUT2D eigenvalue weighted by Gasteiger charge is -2.45. The summed E-state index contributed by atoms with van der Waals surface area (Å²) < 4.78 is 52.5. The van der Waals surface area contributed by atoms with Gasteiger partial charge in [0.2, 0.25) is 11.8 Å². The molecule has 1 saturated carbocycles. The Morgan fingerprint density at radius 1 is 0.962 bits per heavy atom. The summed E-state index contributed by atoms with van der Waals surface area (Å²) in [5.41, 5.74) is 9.22. The van der Waals surface area contributed by atoms with Crippen molar-refractivity contribution in [2.24, 2.45) is 5.73 Å². The number of carbonyl (C=O) groups is 3. The molecule has 3 aromatic carbocycles. The van der Waals surface area contributed by atoms with Crippen LogP contribution in [-0.4, -0.2) is 72.0 Å². The van der Waals surface area contributed by atoms with Crippen molar-refractivity contribution in [1.82, 2.24) is 15.1 Å². The lowest BCUT2D eigenvalue weighted by Crippen LogP contribution is -2.62. The lowest BCUT2D eigenvalue weighted by atomic mass is 9.82. The number of aryl methyl sites for hydroxylation is 2. The number of piperazine rings is 1. The van der Waals surface area contributed by atoms with E-state index in [2.05, 4.69) is 5.32 Å². The quantitative estimate of drug-likeness (QED) is 0.179. The second-order valence-electron chi connectivity index (χ2n) is 14.1. The molecule has 1 saturated heterocycles. The number of amides is 3. The van der Waals surface area contributed by atoms with E-state index in [1.54, 1.807) is 15.9 Å². The van der Waals surface area contributed by atoms with E-state index in [-0.39, 0.29) is 63.0 Å². The number of nitrogens with zero attached hydrogens (tertiary/aromatic N) is 2. The second kappa shape index (κ2) is 16.2. The molecule has 3 aromatic rings. The van der Waals surface area contributed by atoms with Crippen LogP contribution in [-0.2, 0) is 27.1 Å². The molecule has 0 radical (unpaired) electrons. The second-order valence-corrected chi connectivity index (χ2v) is 14.5. The van der Waals surface area contributed by atoms with Gasteiger partial charge in [0.1, 0.15) is 24.7 Å². The summed E-state index contributed by atoms with van der Waals surface area (Å²) in [6.45, 7) is 5.23. The number of benzene rings is 3. The molecule has 2 bridgehead atoms. The fraction of sp³-hybridized carbons (Fsp3) is 0.425. The van der Waals surface area contributed by atoms with Crippen LogP contribution in [0, 0.1) is 13.8 Å². The highest BCUT2D eigenvalue weighted by Gasteiger charge is 2.43. The van der Waals surface area contributed by atoms with Crippen molar-refractivity contribution in [3.8, 4) is 11.5 Å². The van der Waals surface area contributed by atoms with Crippen LogP contribution in [0.15, 0.2) is 66.2 Å². The normalized spacial score (nSPS) is 18.5. The third kappa shape index (κ3) is 9.52. The zero-order valence-electron chi connectivity index (χ0n) is 29.8. The Bertz CT molecular complexity index is 1880. The standard InChI is InChI=1S/C40H44ClF3N4O5/c1-24-17-33(41)35(18-25(24)2)53-16-15-52-31-13-9-27(10-14-31)32-20-29-22-47(37(50)8-4-7-36(45)49)23-34(46-29)38(32)39(51)48(30-11-12-30)21-26-5-3-6-28(19-26)40(42,43)44/h3,5-6,9-10,13-14,17-19,29-30,34,46H,4,7-8,11-12,15-16,20-23H2,1-2H3,(H2,45,49)/t29-,34-/m1/s1. The third-order valence-electron chi connectivity index (χ3n) is 10.0. The van der Waals surface area contributed by atoms with E-state index in [9.17, 15) is 27.6 Å². The summed E-state index contributed by atoms with van der Waals surface area (Å²) in [6.07, 6.45) is -1.93. The largest absolute Gasteiger partial charge is 0.490 e. The van der Waals surface area contributed by atoms with Crippen LogP contribution in [0.2, 0.25) is 5.02 Å². The summed E-state index contributed by atoms with van der Waals surface area (Å²) in [5.74, 6) is 0.354. The average Bonchev–Trinajstić information content (AvgIpc) is 3.96. The van der Waals surface area contributed by atoms with Crippen molar-refractivity contribution in [1.29, 1.82) is 0 Å². The lowest BCUT2D eigenvalue weighted by molar-refractivity contribution is -0.137. The van der Waals surface area contributed by atoms with Gasteiger partial charge in [-0.05, 0) is 104 Å². The molecule has 3 N–H and O–H groups in total. The minimum atomic E-state index is -4.51. The maximum atomic E-state index is 14.7. The number of rotatable bonds is 14. The molecule has 1 aliphatic carbocycles. The molecule has 2 fully saturated rings. The molecule has 3 aliphatic rings. The predicted octanol–water partition coefficient (Wildman–Crippen LogP) is 6.61. The van der Waals surface area contributed by atoms with E-state index in [4.69, 9.17) is 26.8 Å². The Kier molecular flexibility index (Phi) is 11.7. The fourth-order valence-electron chi connectivity index (χ4n) is 7.02. The Morgan fingerprint density at radius 2 is 1.68 bits per heavy atom. The number of ether oxygens (including phenoxy) is 2. The molecule has 2 aliphatic heterocycles. The van der Waals surface area contributed by atoms with Crippen molar-refractivity contribution in [2.75, 3.05) is 26.3 Å². The smallest absolute Gasteiger partial charge is 0.416 e. The summed E-state index contributed by atoms with van der Waals surface area (Å²) in [7, 11) is 0. The van der Waals surface area contributed by atoms with E-state index in [1.165, 1.54) is 6.07 Å². The van der Waals surface area contributed by atoms with Crippen LogP contribution in [0.25, 0.3) is 5.57 Å². The number of carbonyl (C=O) groups excluding carboxylic acids is 3. The summed E-state index contributed by atoms with van der Waals surface area (Å²) in [5, 5.41) is 4.08. The van der Waals surface area contributed by atoms with E-state index < -0.39 is 23.7 Å². The maximum absolute atomic E-state index is 14.7. The number of hydrogen-bond donors (Lipinski definition) is 2. The first-order chi connectivity index (χ1) is 25.3. The number of nitrogens with one attached hydrogen (secondary N) is 1. The van der Waals surface area contributed by atoms with Gasteiger partial charge in [-0.15, -0.1) is 0 Å². The van der Waals surface area contributed by atoms with Gasteiger partial charge in [0.15, 0.2) is 0 Å². The maximum Gasteiger partial charge on any atom is 0.416 e. The van der Waals surface area contributed by atoms with E-state index in [1.807, 2.05) is 50.2 Å². The van der Waals surface area contributed by atoms with Crippen LogP contribution >= 0.6 is 11.6 Å². The molecule has 9 nitrogen and oxygen atoms in total. The molecule has 2 heterocycles. The molecule has 13 heteroatoms. The van der Waals surface area contributed by atoms with Gasteiger partial charge in [-0.3, -0.25) is 14.4 Å². The van der Waals surface area contributed by atoms with Gasteiger partial charge >= 0.3 is 6.18 Å². The molecule has 0 unspecified atom stereocenters. The van der Waals surface area contributed by atoms with Crippen molar-refractivity contribution in [2.45, 2.75) is 83.2 Å². The predicted molar refractivity (Wildman–Crippen MR) is 195 cm³/mol. The summed E-state index contributed by atoms with van der Waals surface area (Å²) >= 11 is 6.34. The number of fused-ring (bicyclic) bond motifs is 2. The number of primary amides is 1. The van der Waals surface area contributed by atoms with Crippen molar-refractivity contribution < 1.29 is 37.0 Å². The molecule has 282 valence electrons. The van der Waals surface area contributed by atoms with Crippen LogP contribution < -0.4 is 20.5 Å². The van der Waals surface area contributed by atoms with Crippen LogP contribution in [0.5, 0.6) is 11.5 Å². The van der Waals surface area contributed by atoms with E-state index >= 15 is 0 Å². The SMILES string of the molecule is Cc1cc(Cl)c(OCCOc2ccc(C3=C(C(=O)N(Cc4cccc(C(F)(F)F)c4)C4CC4)[C@H]4CN(C(=O)CCCC(N)=O)C[C@@H](C3)N4)cc2)cc1C. The molecule has 3 amide bonds. The van der Waals surface area contributed by atoms with Crippen LogP contribution in [0.1, 0.15) is 66.3 Å². The van der Waals surface area contributed by atoms with Gasteiger partial charge in [-0.2, -0.15) is 13.2 Å². The first-order valence-electron chi connectivity index (χ1n) is 17.9. The van der Waals surface area contributed by atoms with E-state index in [0.717, 1.165) is 47.2 Å². The molecule has 2 atom stereocenters. The zero-order valence-corrected chi connectivity index (χ0v) is 30.6. The first kappa shape index (κ1) is 38.2. The topological polar surface area (TPSA) is 114 Å². The van der Waals surface area contributed by atoms with Crippen LogP contribution in [0.3, 0.4) is 0 Å². The molecule has 6 rings (SSSR count). The monoisotopic (exact) mass is 752 g/mol. The molecular weight excluding hydrogens is 709 g/mol. The van der Waals surface area contributed by atoms with Gasteiger partial charge < -0.3 is 30.3 Å². The highest BCUT2D eigenvalue weighted by atomic mass is 35.5. The summed E-state index contributed by atoms with van der Waals surface area (Å²) in [4.78, 5) is 42.6. The van der Waals surface area contributed by atoms with Crippen molar-refractivity contribution >= 4 is 34.9 Å². The Hall–Kier alpha value is -4.55. The van der Waals surface area contributed by atoms with Crippen molar-refractivity contribution in [3.05, 3.63) is 99.1 Å². The number of hydrogen-bond acceptors (Lipinski definition) is 6. The van der Waals surface area contributed by atoms with Gasteiger partial charge in [-0.1, -0.05) is 35.9 Å². The highest BCUT2D eigenvalue weighted by Crippen LogP contribution is 2.38. The first-order valence-corrected chi connectivity index (χ1v) is 18.3. The van der Waals surface area contributed by atoms with Gasteiger partial charge in [0.25, 0.3) is 5.91 Å². The van der Waals surface area contributed by atoms with Gasteiger partial charge in [0.05, 0.1) is 16.6 Å². The number of nitrogens with two attached hydrogens (primary N) is 1. The Balaban J connectivity index is 1.23.